The quantitative estimate of drug-likeness (QED) is 0.878. The number of rotatable bonds is 6. The first-order valence-electron chi connectivity index (χ1n) is 7.16. The summed E-state index contributed by atoms with van der Waals surface area (Å²) in [6, 6.07) is 14.3. The second-order valence-electron chi connectivity index (χ2n) is 5.14. The minimum absolute atomic E-state index is 0.148. The van der Waals surface area contributed by atoms with Crippen molar-refractivity contribution in [2.45, 2.75) is 19.9 Å². The van der Waals surface area contributed by atoms with E-state index in [-0.39, 0.29) is 6.04 Å². The molecule has 0 bridgehead atoms. The minimum Gasteiger partial charge on any atom is -0.496 e. The minimum atomic E-state index is 0.148. The van der Waals surface area contributed by atoms with E-state index in [0.29, 0.717) is 6.61 Å². The topological polar surface area (TPSA) is 30.5 Å². The first-order chi connectivity index (χ1) is 10.2. The Bertz CT molecular complexity index is 581. The van der Waals surface area contributed by atoms with E-state index in [1.165, 1.54) is 11.1 Å². The van der Waals surface area contributed by atoms with Gasteiger partial charge in [0.05, 0.1) is 13.2 Å². The van der Waals surface area contributed by atoms with Crippen molar-refractivity contribution >= 4 is 0 Å². The van der Waals surface area contributed by atoms with Crippen LogP contribution in [0.5, 0.6) is 11.5 Å². The Hall–Kier alpha value is -2.00. The molecule has 1 unspecified atom stereocenters. The van der Waals surface area contributed by atoms with Gasteiger partial charge in [0.2, 0.25) is 0 Å². The molecule has 0 amide bonds. The fourth-order valence-electron chi connectivity index (χ4n) is 2.43. The van der Waals surface area contributed by atoms with Crippen LogP contribution in [0.2, 0.25) is 0 Å². The van der Waals surface area contributed by atoms with E-state index in [2.05, 4.69) is 31.3 Å². The van der Waals surface area contributed by atoms with Gasteiger partial charge in [-0.25, -0.2) is 0 Å². The number of ether oxygens (including phenoxy) is 2. The molecule has 3 nitrogen and oxygen atoms in total. The summed E-state index contributed by atoms with van der Waals surface area (Å²) in [5.41, 5.74) is 3.58. The van der Waals surface area contributed by atoms with Crippen molar-refractivity contribution in [1.29, 1.82) is 0 Å². The van der Waals surface area contributed by atoms with Crippen LogP contribution < -0.4 is 14.8 Å². The summed E-state index contributed by atoms with van der Waals surface area (Å²) >= 11 is 0. The van der Waals surface area contributed by atoms with E-state index in [1.54, 1.807) is 7.11 Å². The van der Waals surface area contributed by atoms with E-state index in [4.69, 9.17) is 9.47 Å². The summed E-state index contributed by atoms with van der Waals surface area (Å²) in [4.78, 5) is 0. The first kappa shape index (κ1) is 15.4. The van der Waals surface area contributed by atoms with Gasteiger partial charge >= 0.3 is 0 Å². The van der Waals surface area contributed by atoms with Gasteiger partial charge in [0.15, 0.2) is 0 Å². The number of aryl methyl sites for hydroxylation is 2. The molecule has 0 aromatic heterocycles. The van der Waals surface area contributed by atoms with Crippen LogP contribution in [0, 0.1) is 13.8 Å². The van der Waals surface area contributed by atoms with E-state index < -0.39 is 0 Å². The predicted octanol–water partition coefficient (Wildman–Crippen LogP) is 3.65. The Morgan fingerprint density at radius 1 is 1.05 bits per heavy atom. The predicted molar refractivity (Wildman–Crippen MR) is 86.2 cm³/mol. The molecule has 2 aromatic carbocycles. The number of para-hydroxylation sites is 1. The summed E-state index contributed by atoms with van der Waals surface area (Å²) in [6.45, 7) is 4.75. The molecule has 112 valence electrons. The van der Waals surface area contributed by atoms with Gasteiger partial charge in [0, 0.05) is 0 Å². The highest BCUT2D eigenvalue weighted by atomic mass is 16.5. The Labute approximate surface area is 126 Å². The van der Waals surface area contributed by atoms with Gasteiger partial charge < -0.3 is 14.8 Å². The van der Waals surface area contributed by atoms with Gasteiger partial charge in [-0.2, -0.15) is 0 Å². The van der Waals surface area contributed by atoms with Gasteiger partial charge in [-0.15, -0.1) is 0 Å². The zero-order chi connectivity index (χ0) is 15.2. The average Bonchev–Trinajstić information content (AvgIpc) is 2.51. The zero-order valence-corrected chi connectivity index (χ0v) is 13.1. The van der Waals surface area contributed by atoms with Crippen LogP contribution in [0.15, 0.2) is 42.5 Å². The smallest absolute Gasteiger partial charge is 0.122 e. The van der Waals surface area contributed by atoms with Crippen molar-refractivity contribution in [3.63, 3.8) is 0 Å². The summed E-state index contributed by atoms with van der Waals surface area (Å²) in [6.07, 6.45) is 0. The van der Waals surface area contributed by atoms with Crippen molar-refractivity contribution < 1.29 is 9.47 Å². The van der Waals surface area contributed by atoms with E-state index in [1.807, 2.05) is 37.4 Å². The van der Waals surface area contributed by atoms with Crippen molar-refractivity contribution in [1.82, 2.24) is 5.32 Å². The monoisotopic (exact) mass is 285 g/mol. The molecule has 0 spiro atoms. The standard InChI is InChI=1S/C18H23NO2/c1-13-11-18(20-4)14(2)10-16(13)17(19-3)12-21-15-8-6-5-7-9-15/h5-11,17,19H,12H2,1-4H3. The molecular formula is C18H23NO2. The van der Waals surface area contributed by atoms with Crippen molar-refractivity contribution in [2.24, 2.45) is 0 Å². The maximum absolute atomic E-state index is 5.87. The Morgan fingerprint density at radius 2 is 1.76 bits per heavy atom. The third-order valence-electron chi connectivity index (χ3n) is 3.67. The highest BCUT2D eigenvalue weighted by Gasteiger charge is 2.15. The molecule has 2 rings (SSSR count). The van der Waals surface area contributed by atoms with Crippen LogP contribution in [-0.2, 0) is 0 Å². The SMILES string of the molecule is CNC(COc1ccccc1)c1cc(C)c(OC)cc1C. The van der Waals surface area contributed by atoms with Crippen molar-refractivity contribution in [3.8, 4) is 11.5 Å². The summed E-state index contributed by atoms with van der Waals surface area (Å²) < 4.78 is 11.2. The van der Waals surface area contributed by atoms with Crippen LogP contribution in [0.4, 0.5) is 0 Å². The lowest BCUT2D eigenvalue weighted by atomic mass is 9.98. The van der Waals surface area contributed by atoms with Gasteiger partial charge in [0.1, 0.15) is 18.1 Å². The lowest BCUT2D eigenvalue weighted by Crippen LogP contribution is -2.24. The molecule has 0 heterocycles. The number of hydrogen-bond acceptors (Lipinski definition) is 3. The van der Waals surface area contributed by atoms with Crippen LogP contribution >= 0.6 is 0 Å². The lowest BCUT2D eigenvalue weighted by molar-refractivity contribution is 0.272. The van der Waals surface area contributed by atoms with E-state index >= 15 is 0 Å². The number of nitrogens with one attached hydrogen (secondary N) is 1. The summed E-state index contributed by atoms with van der Waals surface area (Å²) in [5.74, 6) is 1.82. The number of benzene rings is 2. The van der Waals surface area contributed by atoms with Gasteiger partial charge in [0.25, 0.3) is 0 Å². The van der Waals surface area contributed by atoms with E-state index in [9.17, 15) is 0 Å². The maximum atomic E-state index is 5.87. The Kier molecular flexibility index (Phi) is 5.23. The second kappa shape index (κ2) is 7.14. The number of hydrogen-bond donors (Lipinski definition) is 1. The zero-order valence-electron chi connectivity index (χ0n) is 13.1. The molecule has 2 aromatic rings. The second-order valence-corrected chi connectivity index (χ2v) is 5.14. The van der Waals surface area contributed by atoms with Crippen LogP contribution in [0.1, 0.15) is 22.7 Å². The normalized spacial score (nSPS) is 12.0. The molecule has 0 aliphatic carbocycles. The number of likely N-dealkylation sites (N-methyl/N-ethyl adjacent to an activating group) is 1. The molecule has 0 radical (unpaired) electrons. The first-order valence-corrected chi connectivity index (χ1v) is 7.16. The molecule has 0 saturated carbocycles. The van der Waals surface area contributed by atoms with Crippen LogP contribution in [-0.4, -0.2) is 20.8 Å². The molecular weight excluding hydrogens is 262 g/mol. The van der Waals surface area contributed by atoms with Gasteiger partial charge in [-0.1, -0.05) is 24.3 Å². The Morgan fingerprint density at radius 3 is 2.38 bits per heavy atom. The maximum Gasteiger partial charge on any atom is 0.122 e. The van der Waals surface area contributed by atoms with Crippen LogP contribution in [0.25, 0.3) is 0 Å². The molecule has 0 saturated heterocycles. The van der Waals surface area contributed by atoms with Crippen LogP contribution in [0.3, 0.4) is 0 Å². The molecule has 1 N–H and O–H groups in total. The third kappa shape index (κ3) is 3.76. The lowest BCUT2D eigenvalue weighted by Gasteiger charge is -2.21. The molecule has 0 aliphatic heterocycles. The summed E-state index contributed by atoms with van der Waals surface area (Å²) in [5, 5.41) is 3.33. The third-order valence-corrected chi connectivity index (χ3v) is 3.67. The highest BCUT2D eigenvalue weighted by molar-refractivity contribution is 5.43. The number of methoxy groups -OCH3 is 1. The van der Waals surface area contributed by atoms with E-state index in [0.717, 1.165) is 17.1 Å². The van der Waals surface area contributed by atoms with Crippen molar-refractivity contribution in [2.75, 3.05) is 20.8 Å². The molecule has 3 heteroatoms. The molecule has 21 heavy (non-hydrogen) atoms. The van der Waals surface area contributed by atoms with Gasteiger partial charge in [-0.3, -0.25) is 0 Å². The average molecular weight is 285 g/mol. The fourth-order valence-corrected chi connectivity index (χ4v) is 2.43. The fraction of sp³-hybridized carbons (Fsp3) is 0.333. The van der Waals surface area contributed by atoms with Gasteiger partial charge in [-0.05, 0) is 55.8 Å². The molecule has 1 atom stereocenters. The largest absolute Gasteiger partial charge is 0.496 e. The highest BCUT2D eigenvalue weighted by Crippen LogP contribution is 2.27. The Balaban J connectivity index is 2.16. The summed E-state index contributed by atoms with van der Waals surface area (Å²) in [7, 11) is 3.66. The van der Waals surface area contributed by atoms with Crippen molar-refractivity contribution in [3.05, 3.63) is 59.2 Å². The molecule has 0 fully saturated rings. The molecule has 0 aliphatic rings.